The molecule has 0 spiro atoms. The van der Waals surface area contributed by atoms with Crippen LogP contribution in [-0.2, 0) is 10.9 Å². The van der Waals surface area contributed by atoms with Gasteiger partial charge in [-0.2, -0.15) is 13.2 Å². The molecule has 0 aliphatic carbocycles. The van der Waals surface area contributed by atoms with Crippen LogP contribution in [0, 0.1) is 0 Å². The van der Waals surface area contributed by atoms with Gasteiger partial charge in [0.2, 0.25) is 0 Å². The minimum absolute atomic E-state index is 0.0977. The van der Waals surface area contributed by atoms with Crippen LogP contribution in [-0.4, -0.2) is 13.1 Å². The molecular formula is C11H13F3O2. The lowest BCUT2D eigenvalue weighted by atomic mass is 10.1. The van der Waals surface area contributed by atoms with Crippen molar-refractivity contribution in [2.75, 3.05) is 7.11 Å². The Kier molecular flexibility index (Phi) is 5.56. The summed E-state index contributed by atoms with van der Waals surface area (Å²) >= 11 is 0. The summed E-state index contributed by atoms with van der Waals surface area (Å²) < 4.78 is 40.6. The van der Waals surface area contributed by atoms with Crippen molar-refractivity contribution in [2.45, 2.75) is 20.0 Å². The molecule has 0 amide bonds. The van der Waals surface area contributed by atoms with Gasteiger partial charge in [0.05, 0.1) is 18.2 Å². The number of benzene rings is 1. The Hall–Kier alpha value is -1.52. The Bertz CT molecular complexity index is 328. The maximum atomic E-state index is 12.1. The highest BCUT2D eigenvalue weighted by Crippen LogP contribution is 2.29. The third kappa shape index (κ3) is 3.92. The maximum Gasteiger partial charge on any atom is 0.416 e. The summed E-state index contributed by atoms with van der Waals surface area (Å²) in [7, 11) is 1.17. The van der Waals surface area contributed by atoms with Crippen molar-refractivity contribution in [1.29, 1.82) is 0 Å². The van der Waals surface area contributed by atoms with Gasteiger partial charge in [-0.15, -0.1) is 0 Å². The van der Waals surface area contributed by atoms with E-state index in [1.165, 1.54) is 7.11 Å². The van der Waals surface area contributed by atoms with Crippen molar-refractivity contribution in [3.63, 3.8) is 0 Å². The van der Waals surface area contributed by atoms with Crippen molar-refractivity contribution < 1.29 is 22.7 Å². The lowest BCUT2D eigenvalue weighted by molar-refractivity contribution is -0.137. The van der Waals surface area contributed by atoms with Crippen LogP contribution in [0.4, 0.5) is 13.2 Å². The number of rotatable bonds is 1. The number of hydrogen-bond acceptors (Lipinski definition) is 2. The second-order valence-electron chi connectivity index (χ2n) is 2.57. The van der Waals surface area contributed by atoms with E-state index in [-0.39, 0.29) is 5.56 Å². The Morgan fingerprint density at radius 1 is 1.12 bits per heavy atom. The van der Waals surface area contributed by atoms with Crippen LogP contribution in [0.15, 0.2) is 24.3 Å². The van der Waals surface area contributed by atoms with Gasteiger partial charge < -0.3 is 4.74 Å². The van der Waals surface area contributed by atoms with Crippen molar-refractivity contribution in [3.05, 3.63) is 35.4 Å². The molecule has 0 unspecified atom stereocenters. The number of esters is 1. The summed E-state index contributed by atoms with van der Waals surface area (Å²) in [6.45, 7) is 4.00. The molecule has 0 radical (unpaired) electrons. The van der Waals surface area contributed by atoms with Gasteiger partial charge in [-0.05, 0) is 24.3 Å². The molecule has 5 heteroatoms. The summed E-state index contributed by atoms with van der Waals surface area (Å²) in [6.07, 6.45) is -4.38. The lowest BCUT2D eigenvalue weighted by Gasteiger charge is -2.06. The van der Waals surface area contributed by atoms with Crippen LogP contribution in [0.2, 0.25) is 0 Å². The van der Waals surface area contributed by atoms with E-state index >= 15 is 0 Å². The van der Waals surface area contributed by atoms with Gasteiger partial charge in [0, 0.05) is 0 Å². The highest BCUT2D eigenvalue weighted by molar-refractivity contribution is 5.89. The zero-order valence-electron chi connectivity index (χ0n) is 9.26. The van der Waals surface area contributed by atoms with Gasteiger partial charge in [-0.3, -0.25) is 0 Å². The second-order valence-corrected chi connectivity index (χ2v) is 2.57. The first kappa shape index (κ1) is 14.5. The molecule has 1 aromatic rings. The molecule has 0 N–H and O–H groups in total. The SMILES string of the molecule is CC.COC(=O)c1ccc(C(F)(F)F)cc1. The van der Waals surface area contributed by atoms with E-state index < -0.39 is 17.7 Å². The smallest absolute Gasteiger partial charge is 0.416 e. The van der Waals surface area contributed by atoms with Gasteiger partial charge in [-0.25, -0.2) is 4.79 Å². The van der Waals surface area contributed by atoms with Crippen LogP contribution in [0.1, 0.15) is 29.8 Å². The monoisotopic (exact) mass is 234 g/mol. The molecule has 0 aromatic heterocycles. The topological polar surface area (TPSA) is 26.3 Å². The highest BCUT2D eigenvalue weighted by atomic mass is 19.4. The summed E-state index contributed by atoms with van der Waals surface area (Å²) in [5, 5.41) is 0. The quantitative estimate of drug-likeness (QED) is 0.695. The fourth-order valence-electron chi connectivity index (χ4n) is 0.913. The lowest BCUT2D eigenvalue weighted by Crippen LogP contribution is -2.06. The third-order valence-electron chi connectivity index (χ3n) is 1.63. The van der Waals surface area contributed by atoms with Crippen LogP contribution < -0.4 is 0 Å². The summed E-state index contributed by atoms with van der Waals surface area (Å²) in [5.41, 5.74) is -0.689. The van der Waals surface area contributed by atoms with E-state index in [0.29, 0.717) is 0 Å². The molecular weight excluding hydrogens is 221 g/mol. The molecule has 0 aliphatic rings. The molecule has 0 saturated carbocycles. The molecule has 0 bridgehead atoms. The summed E-state index contributed by atoms with van der Waals surface area (Å²) in [5.74, 6) is -0.654. The van der Waals surface area contributed by atoms with E-state index in [1.807, 2.05) is 13.8 Å². The van der Waals surface area contributed by atoms with Gasteiger partial charge in [0.1, 0.15) is 0 Å². The van der Waals surface area contributed by atoms with Crippen molar-refractivity contribution in [1.82, 2.24) is 0 Å². The largest absolute Gasteiger partial charge is 0.465 e. The van der Waals surface area contributed by atoms with Crippen LogP contribution >= 0.6 is 0 Å². The Balaban J connectivity index is 0.00000106. The summed E-state index contributed by atoms with van der Waals surface area (Å²) in [4.78, 5) is 10.9. The Labute approximate surface area is 92.0 Å². The molecule has 0 fully saturated rings. The predicted molar refractivity (Wildman–Crippen MR) is 54.1 cm³/mol. The Morgan fingerprint density at radius 3 is 1.88 bits per heavy atom. The van der Waals surface area contributed by atoms with Crippen molar-refractivity contribution in [3.8, 4) is 0 Å². The van der Waals surface area contributed by atoms with E-state index in [1.54, 1.807) is 0 Å². The number of carbonyl (C=O) groups is 1. The molecule has 0 saturated heterocycles. The number of carbonyl (C=O) groups excluding carboxylic acids is 1. The van der Waals surface area contributed by atoms with E-state index in [0.717, 1.165) is 24.3 Å². The fourth-order valence-corrected chi connectivity index (χ4v) is 0.913. The van der Waals surface area contributed by atoms with E-state index in [4.69, 9.17) is 0 Å². The number of methoxy groups -OCH3 is 1. The molecule has 16 heavy (non-hydrogen) atoms. The average Bonchev–Trinajstić information content (AvgIpc) is 2.30. The van der Waals surface area contributed by atoms with E-state index in [9.17, 15) is 18.0 Å². The Morgan fingerprint density at radius 2 is 1.56 bits per heavy atom. The number of halogens is 3. The fraction of sp³-hybridized carbons (Fsp3) is 0.364. The zero-order chi connectivity index (χ0) is 12.8. The minimum Gasteiger partial charge on any atom is -0.465 e. The number of ether oxygens (including phenoxy) is 1. The normalized spacial score (nSPS) is 10.1. The second kappa shape index (κ2) is 6.15. The highest BCUT2D eigenvalue weighted by Gasteiger charge is 2.30. The molecule has 0 atom stereocenters. The maximum absolute atomic E-state index is 12.1. The molecule has 1 aromatic carbocycles. The molecule has 2 nitrogen and oxygen atoms in total. The minimum atomic E-state index is -4.38. The summed E-state index contributed by atoms with van der Waals surface area (Å²) in [6, 6.07) is 3.84. The van der Waals surface area contributed by atoms with Crippen LogP contribution in [0.25, 0.3) is 0 Å². The van der Waals surface area contributed by atoms with Crippen LogP contribution in [0.5, 0.6) is 0 Å². The third-order valence-corrected chi connectivity index (χ3v) is 1.63. The predicted octanol–water partition coefficient (Wildman–Crippen LogP) is 3.52. The molecule has 1 rings (SSSR count). The van der Waals surface area contributed by atoms with Gasteiger partial charge in [-0.1, -0.05) is 13.8 Å². The average molecular weight is 234 g/mol. The molecule has 0 heterocycles. The number of hydrogen-bond donors (Lipinski definition) is 0. The van der Waals surface area contributed by atoms with Gasteiger partial charge in [0.25, 0.3) is 0 Å². The standard InChI is InChI=1S/C9H7F3O2.C2H6/c1-14-8(13)6-2-4-7(5-3-6)9(10,11)12;1-2/h2-5H,1H3;1-2H3. The molecule has 90 valence electrons. The molecule has 0 aliphatic heterocycles. The van der Waals surface area contributed by atoms with E-state index in [2.05, 4.69) is 4.74 Å². The first-order chi connectivity index (χ1) is 7.45. The van der Waals surface area contributed by atoms with Gasteiger partial charge >= 0.3 is 12.1 Å². The van der Waals surface area contributed by atoms with Crippen molar-refractivity contribution in [2.24, 2.45) is 0 Å². The first-order valence-corrected chi connectivity index (χ1v) is 4.70. The van der Waals surface area contributed by atoms with Crippen LogP contribution in [0.3, 0.4) is 0 Å². The first-order valence-electron chi connectivity index (χ1n) is 4.70. The number of alkyl halides is 3. The zero-order valence-corrected chi connectivity index (χ0v) is 9.26. The van der Waals surface area contributed by atoms with Gasteiger partial charge in [0.15, 0.2) is 0 Å². The van der Waals surface area contributed by atoms with Crippen molar-refractivity contribution >= 4 is 5.97 Å².